The molecule has 0 heterocycles. The molecule has 3 aromatic carbocycles. The third kappa shape index (κ3) is 7.42. The van der Waals surface area contributed by atoms with Gasteiger partial charge in [-0.1, -0.05) is 61.4 Å². The molecule has 0 radical (unpaired) electrons. The second-order valence-corrected chi connectivity index (χ2v) is 12.2. The van der Waals surface area contributed by atoms with Crippen molar-refractivity contribution in [3.63, 3.8) is 0 Å². The van der Waals surface area contributed by atoms with Crippen LogP contribution in [0.4, 0.5) is 5.69 Å². The van der Waals surface area contributed by atoms with Gasteiger partial charge in [0, 0.05) is 18.7 Å². The van der Waals surface area contributed by atoms with E-state index in [0.717, 1.165) is 35.6 Å². The van der Waals surface area contributed by atoms with Crippen LogP contribution in [0.2, 0.25) is 0 Å². The van der Waals surface area contributed by atoms with E-state index in [0.29, 0.717) is 12.2 Å². The third-order valence-electron chi connectivity index (χ3n) is 7.62. The molecule has 224 valence electrons. The molecule has 0 unspecified atom stereocenters. The summed E-state index contributed by atoms with van der Waals surface area (Å²) in [7, 11) is -1.31. The summed E-state index contributed by atoms with van der Waals surface area (Å²) in [6.45, 7) is 1.38. The Balaban J connectivity index is 1.70. The molecule has 9 nitrogen and oxygen atoms in total. The molecule has 0 aromatic heterocycles. The number of nitrogens with one attached hydrogen (secondary N) is 1. The number of rotatable bonds is 13. The Morgan fingerprint density at radius 2 is 1.57 bits per heavy atom. The van der Waals surface area contributed by atoms with Crippen LogP contribution < -0.4 is 19.1 Å². The van der Waals surface area contributed by atoms with Gasteiger partial charge in [-0.05, 0) is 56.0 Å². The van der Waals surface area contributed by atoms with Crippen molar-refractivity contribution in [2.75, 3.05) is 31.6 Å². The number of anilines is 1. The summed E-state index contributed by atoms with van der Waals surface area (Å²) >= 11 is 0. The van der Waals surface area contributed by atoms with E-state index in [1.807, 2.05) is 30.3 Å². The standard InChI is InChI=1S/C32H39N3O6S/c1-24(32(37)33-26-14-10-11-15-26)34(21-20-25-12-6-4-7-13-25)31(36)23-35(42(38,39)28-16-8-5-9-17-28)29-22-27(40-2)18-19-30(29)41-3/h4-9,12-13,16-19,22,24,26H,10-11,14-15,20-21,23H2,1-3H3,(H,33,37)/t24-/m0/s1. The van der Waals surface area contributed by atoms with Crippen molar-refractivity contribution in [3.05, 3.63) is 84.4 Å². The van der Waals surface area contributed by atoms with Gasteiger partial charge in [-0.2, -0.15) is 0 Å². The molecule has 1 atom stereocenters. The summed E-state index contributed by atoms with van der Waals surface area (Å²) in [6, 6.07) is 21.6. The highest BCUT2D eigenvalue weighted by Crippen LogP contribution is 2.36. The fourth-order valence-corrected chi connectivity index (χ4v) is 6.62. The average Bonchev–Trinajstić information content (AvgIpc) is 3.53. The van der Waals surface area contributed by atoms with Crippen LogP contribution in [0.1, 0.15) is 38.2 Å². The zero-order valence-electron chi connectivity index (χ0n) is 24.4. The lowest BCUT2D eigenvalue weighted by Crippen LogP contribution is -2.53. The maximum absolute atomic E-state index is 14.1. The first-order valence-corrected chi connectivity index (χ1v) is 15.6. The lowest BCUT2D eigenvalue weighted by atomic mass is 10.1. The van der Waals surface area contributed by atoms with Crippen molar-refractivity contribution in [1.82, 2.24) is 10.2 Å². The zero-order valence-corrected chi connectivity index (χ0v) is 25.2. The Kier molecular flexibility index (Phi) is 10.5. The number of amides is 2. The molecule has 2 amide bonds. The molecule has 1 aliphatic rings. The summed E-state index contributed by atoms with van der Waals surface area (Å²) in [5.41, 5.74) is 1.15. The minimum Gasteiger partial charge on any atom is -0.497 e. The minimum absolute atomic E-state index is 0.0190. The Bertz CT molecular complexity index is 1440. The predicted octanol–water partition coefficient (Wildman–Crippen LogP) is 4.42. The summed E-state index contributed by atoms with van der Waals surface area (Å²) < 4.78 is 40.0. The first-order valence-electron chi connectivity index (χ1n) is 14.2. The zero-order chi connectivity index (χ0) is 30.1. The molecule has 0 spiro atoms. The van der Waals surface area contributed by atoms with E-state index >= 15 is 0 Å². The fraction of sp³-hybridized carbons (Fsp3) is 0.375. The van der Waals surface area contributed by atoms with Crippen molar-refractivity contribution in [2.45, 2.75) is 56.0 Å². The summed E-state index contributed by atoms with van der Waals surface area (Å²) in [6.07, 6.45) is 4.45. The van der Waals surface area contributed by atoms with Gasteiger partial charge in [0.15, 0.2) is 0 Å². The van der Waals surface area contributed by atoms with Gasteiger partial charge in [0.25, 0.3) is 10.0 Å². The van der Waals surface area contributed by atoms with Gasteiger partial charge in [0.05, 0.1) is 24.8 Å². The average molecular weight is 594 g/mol. The molecule has 1 fully saturated rings. The van der Waals surface area contributed by atoms with E-state index in [2.05, 4.69) is 5.32 Å². The highest BCUT2D eigenvalue weighted by atomic mass is 32.2. The number of benzene rings is 3. The number of nitrogens with zero attached hydrogens (tertiary/aromatic N) is 2. The van der Waals surface area contributed by atoms with Crippen molar-refractivity contribution in [3.8, 4) is 11.5 Å². The van der Waals surface area contributed by atoms with Crippen molar-refractivity contribution >= 4 is 27.5 Å². The Morgan fingerprint density at radius 1 is 0.929 bits per heavy atom. The lowest BCUT2D eigenvalue weighted by Gasteiger charge is -2.33. The van der Waals surface area contributed by atoms with Crippen LogP contribution in [-0.4, -0.2) is 64.5 Å². The number of hydrogen-bond donors (Lipinski definition) is 1. The topological polar surface area (TPSA) is 105 Å². The first kappa shape index (κ1) is 30.9. The first-order chi connectivity index (χ1) is 20.2. The second kappa shape index (κ2) is 14.2. The maximum atomic E-state index is 14.1. The molecule has 0 bridgehead atoms. The van der Waals surface area contributed by atoms with Gasteiger partial charge in [0.1, 0.15) is 24.1 Å². The molecule has 1 aliphatic carbocycles. The highest BCUT2D eigenvalue weighted by molar-refractivity contribution is 7.92. The molecule has 1 saturated carbocycles. The fourth-order valence-electron chi connectivity index (χ4n) is 5.19. The largest absolute Gasteiger partial charge is 0.497 e. The number of hydrogen-bond acceptors (Lipinski definition) is 6. The van der Waals surface area contributed by atoms with Crippen LogP contribution in [-0.2, 0) is 26.0 Å². The number of ether oxygens (including phenoxy) is 2. The van der Waals surface area contributed by atoms with Gasteiger partial charge < -0.3 is 19.7 Å². The summed E-state index contributed by atoms with van der Waals surface area (Å²) in [5.74, 6) is -0.105. The van der Waals surface area contributed by atoms with Crippen molar-refractivity contribution in [1.29, 1.82) is 0 Å². The minimum atomic E-state index is -4.22. The number of methoxy groups -OCH3 is 2. The Hall–Kier alpha value is -4.05. The summed E-state index contributed by atoms with van der Waals surface area (Å²) in [5, 5.41) is 3.09. The van der Waals surface area contributed by atoms with Crippen LogP contribution in [0.3, 0.4) is 0 Å². The quantitative estimate of drug-likeness (QED) is 0.315. The van der Waals surface area contributed by atoms with Gasteiger partial charge in [-0.15, -0.1) is 0 Å². The van der Waals surface area contributed by atoms with E-state index in [9.17, 15) is 18.0 Å². The van der Waals surface area contributed by atoms with Crippen LogP contribution in [0, 0.1) is 0 Å². The SMILES string of the molecule is COc1ccc(OC)c(N(CC(=O)N(CCc2ccccc2)[C@@H](C)C(=O)NC2CCCC2)S(=O)(=O)c2ccccc2)c1. The van der Waals surface area contributed by atoms with E-state index in [4.69, 9.17) is 9.47 Å². The highest BCUT2D eigenvalue weighted by Gasteiger charge is 2.34. The smallest absolute Gasteiger partial charge is 0.264 e. The molecular weight excluding hydrogens is 554 g/mol. The molecule has 10 heteroatoms. The van der Waals surface area contributed by atoms with Crippen LogP contribution in [0.25, 0.3) is 0 Å². The Morgan fingerprint density at radius 3 is 2.19 bits per heavy atom. The van der Waals surface area contributed by atoms with E-state index < -0.39 is 28.5 Å². The van der Waals surface area contributed by atoms with Crippen molar-refractivity contribution in [2.24, 2.45) is 0 Å². The van der Waals surface area contributed by atoms with Crippen molar-refractivity contribution < 1.29 is 27.5 Å². The maximum Gasteiger partial charge on any atom is 0.264 e. The van der Waals surface area contributed by atoms with Crippen LogP contribution >= 0.6 is 0 Å². The Labute approximate surface area is 248 Å². The van der Waals surface area contributed by atoms with Gasteiger partial charge >= 0.3 is 0 Å². The van der Waals surface area contributed by atoms with E-state index in [1.165, 1.54) is 37.3 Å². The van der Waals surface area contributed by atoms with Crippen LogP contribution in [0.15, 0.2) is 83.8 Å². The molecule has 3 aromatic rings. The van der Waals surface area contributed by atoms with E-state index in [1.54, 1.807) is 37.3 Å². The predicted molar refractivity (Wildman–Crippen MR) is 162 cm³/mol. The molecule has 0 aliphatic heterocycles. The molecule has 42 heavy (non-hydrogen) atoms. The van der Waals surface area contributed by atoms with Gasteiger partial charge in [0.2, 0.25) is 11.8 Å². The number of carbonyl (C=O) groups excluding carboxylic acids is 2. The molecule has 0 saturated heterocycles. The van der Waals surface area contributed by atoms with Gasteiger partial charge in [-0.25, -0.2) is 8.42 Å². The normalized spacial score (nSPS) is 14.2. The van der Waals surface area contributed by atoms with Crippen LogP contribution in [0.5, 0.6) is 11.5 Å². The number of carbonyl (C=O) groups is 2. The molecular formula is C32H39N3O6S. The third-order valence-corrected chi connectivity index (χ3v) is 9.39. The van der Waals surface area contributed by atoms with Gasteiger partial charge in [-0.3, -0.25) is 13.9 Å². The lowest BCUT2D eigenvalue weighted by molar-refractivity contribution is -0.139. The molecule has 4 rings (SSSR count). The summed E-state index contributed by atoms with van der Waals surface area (Å²) in [4.78, 5) is 29.0. The number of sulfonamides is 1. The second-order valence-electron chi connectivity index (χ2n) is 10.4. The molecule has 1 N–H and O–H groups in total. The monoisotopic (exact) mass is 593 g/mol. The van der Waals surface area contributed by atoms with E-state index in [-0.39, 0.29) is 34.8 Å².